The minimum Gasteiger partial charge on any atom is -0.487 e. The maximum atomic E-state index is 15.4. The molecule has 0 amide bonds. The van der Waals surface area contributed by atoms with E-state index >= 15 is 4.79 Å². The number of Topliss-reactive ketones (excluding diaryl/α,β-unsaturated/α-hetero) is 1. The molecule has 10 heteroatoms. The van der Waals surface area contributed by atoms with Gasteiger partial charge in [0.15, 0.2) is 29.3 Å². The van der Waals surface area contributed by atoms with Gasteiger partial charge in [0.1, 0.15) is 19.8 Å². The van der Waals surface area contributed by atoms with Crippen LogP contribution in [0, 0.1) is 0 Å². The topological polar surface area (TPSA) is 116 Å². The molecular weight excluding hydrogens is 761 g/mol. The third-order valence-corrected chi connectivity index (χ3v) is 9.43. The van der Waals surface area contributed by atoms with E-state index in [-0.39, 0.29) is 67.2 Å². The molecule has 0 saturated heterocycles. The molecular formula is C50H42O10. The summed E-state index contributed by atoms with van der Waals surface area (Å²) in [6, 6.07) is 49.6. The molecule has 6 aromatic rings. The van der Waals surface area contributed by atoms with Crippen LogP contribution in [0.25, 0.3) is 0 Å². The van der Waals surface area contributed by atoms with Crippen molar-refractivity contribution >= 4 is 18.0 Å². The number of ether oxygens (including phenoxy) is 7. The van der Waals surface area contributed by atoms with Gasteiger partial charge in [-0.3, -0.25) is 9.59 Å². The second-order valence-corrected chi connectivity index (χ2v) is 13.6. The van der Waals surface area contributed by atoms with Gasteiger partial charge in [-0.2, -0.15) is 0 Å². The lowest BCUT2D eigenvalue weighted by Gasteiger charge is -2.36. The van der Waals surface area contributed by atoms with Crippen LogP contribution in [-0.2, 0) is 61.6 Å². The van der Waals surface area contributed by atoms with Crippen LogP contribution >= 0.6 is 0 Å². The highest BCUT2D eigenvalue weighted by Gasteiger charge is 2.53. The first-order valence-corrected chi connectivity index (χ1v) is 19.2. The van der Waals surface area contributed by atoms with Gasteiger partial charge in [-0.1, -0.05) is 152 Å². The van der Waals surface area contributed by atoms with Gasteiger partial charge < -0.3 is 33.2 Å². The quantitative estimate of drug-likeness (QED) is 0.0446. The molecule has 0 saturated carbocycles. The molecule has 0 atom stereocenters. The average molecular weight is 803 g/mol. The van der Waals surface area contributed by atoms with Gasteiger partial charge in [-0.15, -0.1) is 0 Å². The molecule has 6 aromatic carbocycles. The Morgan fingerprint density at radius 2 is 0.967 bits per heavy atom. The Labute approximate surface area is 348 Å². The number of hydrogen-bond donors (Lipinski definition) is 0. The Morgan fingerprint density at radius 3 is 1.42 bits per heavy atom. The van der Waals surface area contributed by atoms with E-state index in [2.05, 4.69) is 0 Å². The average Bonchev–Trinajstić information content (AvgIpc) is 3.31. The van der Waals surface area contributed by atoms with Gasteiger partial charge in [0.2, 0.25) is 5.75 Å². The number of aldehydes is 1. The summed E-state index contributed by atoms with van der Waals surface area (Å²) in [5.41, 5.74) is 3.81. The lowest BCUT2D eigenvalue weighted by molar-refractivity contribution is -0.235. The van der Waals surface area contributed by atoms with Crippen molar-refractivity contribution in [1.82, 2.24) is 0 Å². The summed E-state index contributed by atoms with van der Waals surface area (Å²) in [7, 11) is 1.25. The first kappa shape index (κ1) is 40.9. The van der Waals surface area contributed by atoms with Crippen LogP contribution in [0.15, 0.2) is 187 Å². The predicted molar refractivity (Wildman–Crippen MR) is 223 cm³/mol. The van der Waals surface area contributed by atoms with Gasteiger partial charge in [0.25, 0.3) is 11.6 Å². The van der Waals surface area contributed by atoms with Crippen LogP contribution in [0.5, 0.6) is 17.2 Å². The molecule has 0 spiro atoms. The number of esters is 1. The van der Waals surface area contributed by atoms with Gasteiger partial charge in [-0.05, 0) is 46.0 Å². The molecule has 0 fully saturated rings. The fraction of sp³-hybridized carbons (Fsp3) is 0.140. The van der Waals surface area contributed by atoms with E-state index < -0.39 is 23.3 Å². The van der Waals surface area contributed by atoms with Gasteiger partial charge >= 0.3 is 5.97 Å². The maximum absolute atomic E-state index is 15.4. The second kappa shape index (κ2) is 19.9. The summed E-state index contributed by atoms with van der Waals surface area (Å²) >= 11 is 0. The van der Waals surface area contributed by atoms with Gasteiger partial charge in [-0.25, -0.2) is 4.79 Å². The zero-order valence-electron chi connectivity index (χ0n) is 32.9. The molecule has 10 nitrogen and oxygen atoms in total. The third-order valence-electron chi connectivity index (χ3n) is 9.43. The fourth-order valence-electron chi connectivity index (χ4n) is 6.31. The van der Waals surface area contributed by atoms with Crippen molar-refractivity contribution in [3.63, 3.8) is 0 Å². The minimum atomic E-state index is -2.26. The Hall–Kier alpha value is -7.27. The smallest absolute Gasteiger partial charge is 0.338 e. The predicted octanol–water partition coefficient (Wildman–Crippen LogP) is 9.28. The third kappa shape index (κ3) is 10.0. The Kier molecular flexibility index (Phi) is 13.6. The maximum Gasteiger partial charge on any atom is 0.338 e. The highest BCUT2D eigenvalue weighted by molar-refractivity contribution is 6.08. The number of methoxy groups -OCH3 is 1. The SMILES string of the molecule is COC(=O)c1cc(OCc2ccccc2)c(OCc2ccccc2)c(OC2=C(C=O)C=C(OCc3ccccc3)C(OCc3ccccc3)(OCc3ccccc3)C2=O)c1. The number of carbonyl (C=O) groups is 3. The summed E-state index contributed by atoms with van der Waals surface area (Å²) < 4.78 is 43.8. The molecule has 1 aliphatic rings. The van der Waals surface area contributed by atoms with Crippen LogP contribution in [0.3, 0.4) is 0 Å². The summed E-state index contributed by atoms with van der Waals surface area (Å²) in [6.07, 6.45) is 1.86. The molecule has 0 bridgehead atoms. The lowest BCUT2D eigenvalue weighted by Crippen LogP contribution is -2.50. The number of rotatable bonds is 19. The van der Waals surface area contributed by atoms with Gasteiger partial charge in [0, 0.05) is 0 Å². The summed E-state index contributed by atoms with van der Waals surface area (Å²) in [6.45, 7) is 0.0119. The molecule has 0 aromatic heterocycles. The number of ketones is 1. The monoisotopic (exact) mass is 802 g/mol. The van der Waals surface area contributed by atoms with Crippen LogP contribution in [0.4, 0.5) is 0 Å². The largest absolute Gasteiger partial charge is 0.487 e. The van der Waals surface area contributed by atoms with E-state index in [0.717, 1.165) is 27.8 Å². The summed E-state index contributed by atoms with van der Waals surface area (Å²) in [4.78, 5) is 41.6. The number of allylic oxidation sites excluding steroid dienone is 2. The second-order valence-electron chi connectivity index (χ2n) is 13.6. The lowest BCUT2D eigenvalue weighted by atomic mass is 9.95. The first-order valence-electron chi connectivity index (χ1n) is 19.2. The zero-order valence-corrected chi connectivity index (χ0v) is 32.9. The Bertz CT molecular complexity index is 2390. The Balaban J connectivity index is 1.35. The fourth-order valence-corrected chi connectivity index (χ4v) is 6.31. The number of benzene rings is 6. The van der Waals surface area contributed by atoms with Crippen LogP contribution in [-0.4, -0.2) is 30.9 Å². The zero-order chi connectivity index (χ0) is 41.6. The van der Waals surface area contributed by atoms with E-state index in [4.69, 9.17) is 33.2 Å². The van der Waals surface area contributed by atoms with Crippen molar-refractivity contribution in [3.05, 3.63) is 220 Å². The van der Waals surface area contributed by atoms with Crippen molar-refractivity contribution in [2.75, 3.05) is 7.11 Å². The number of carbonyl (C=O) groups excluding carboxylic acids is 3. The molecule has 0 N–H and O–H groups in total. The van der Waals surface area contributed by atoms with Crippen LogP contribution in [0.2, 0.25) is 0 Å². The molecule has 302 valence electrons. The Morgan fingerprint density at radius 1 is 0.550 bits per heavy atom. The van der Waals surface area contributed by atoms with E-state index in [9.17, 15) is 9.59 Å². The number of hydrogen-bond acceptors (Lipinski definition) is 10. The molecule has 1 aliphatic carbocycles. The summed E-state index contributed by atoms with van der Waals surface area (Å²) in [5.74, 6) is -4.27. The molecule has 0 aliphatic heterocycles. The highest BCUT2D eigenvalue weighted by atomic mass is 16.7. The first-order chi connectivity index (χ1) is 29.5. The highest BCUT2D eigenvalue weighted by Crippen LogP contribution is 2.44. The van der Waals surface area contributed by atoms with E-state index in [1.807, 2.05) is 152 Å². The molecule has 60 heavy (non-hydrogen) atoms. The van der Waals surface area contributed by atoms with E-state index in [0.29, 0.717) is 6.29 Å². The van der Waals surface area contributed by atoms with Crippen molar-refractivity contribution in [2.24, 2.45) is 0 Å². The normalized spacial score (nSPS) is 13.2. The van der Waals surface area contributed by atoms with E-state index in [1.54, 1.807) is 0 Å². The minimum absolute atomic E-state index is 0.0220. The van der Waals surface area contributed by atoms with E-state index in [1.165, 1.54) is 25.3 Å². The van der Waals surface area contributed by atoms with Crippen LogP contribution in [0.1, 0.15) is 38.2 Å². The molecule has 0 unspecified atom stereocenters. The van der Waals surface area contributed by atoms with Crippen molar-refractivity contribution < 1.29 is 47.5 Å². The van der Waals surface area contributed by atoms with Crippen LogP contribution < -0.4 is 14.2 Å². The van der Waals surface area contributed by atoms with Gasteiger partial charge in [0.05, 0.1) is 31.5 Å². The van der Waals surface area contributed by atoms with Crippen molar-refractivity contribution in [1.29, 1.82) is 0 Å². The molecule has 0 heterocycles. The summed E-state index contributed by atoms with van der Waals surface area (Å²) in [5, 5.41) is 0. The molecule has 0 radical (unpaired) electrons. The van der Waals surface area contributed by atoms with Crippen molar-refractivity contribution in [3.8, 4) is 17.2 Å². The standard InChI is InChI=1S/C50H42O10/c1-54-49(53)41-27-43(55-31-36-17-7-2-8-18-36)47(57-33-38-21-11-4-12-22-38)44(28-41)60-46-42(30-51)29-45(56-32-37-19-9-3-10-20-37)50(48(46)52,58-34-39-23-13-5-14-24-39)59-35-40-25-15-6-16-26-40/h2-30H,31-35H2,1H3. The van der Waals surface area contributed by atoms with Crippen molar-refractivity contribution in [2.45, 2.75) is 38.8 Å². The molecule has 7 rings (SSSR count).